The molecule has 2 unspecified atom stereocenters. The second-order valence-corrected chi connectivity index (χ2v) is 9.83. The molecule has 0 spiro atoms. The van der Waals surface area contributed by atoms with Gasteiger partial charge in [0.15, 0.2) is 0 Å². The first kappa shape index (κ1) is 29.7. The summed E-state index contributed by atoms with van der Waals surface area (Å²) in [4.78, 5) is 35.7. The molecular formula is C18H17F8NO9S. The maximum Gasteiger partial charge on any atom is 0.511 e. The fourth-order valence-electron chi connectivity index (χ4n) is 2.75. The Morgan fingerprint density at radius 2 is 1.73 bits per heavy atom. The Kier molecular flexibility index (Phi) is 7.56. The maximum atomic E-state index is 13.5. The zero-order valence-electron chi connectivity index (χ0n) is 18.5. The molecule has 1 aromatic carbocycles. The smallest absolute Gasteiger partial charge is 0.475 e. The lowest BCUT2D eigenvalue weighted by Crippen LogP contribution is -2.41. The molecule has 1 heterocycles. The topological polar surface area (TPSA) is 123 Å². The summed E-state index contributed by atoms with van der Waals surface area (Å²) in [5.41, 5.74) is -2.34. The minimum absolute atomic E-state index is 0.156. The summed E-state index contributed by atoms with van der Waals surface area (Å²) in [7, 11) is -10.2. The number of rotatable bonds is 9. The van der Waals surface area contributed by atoms with E-state index >= 15 is 0 Å². The zero-order chi connectivity index (χ0) is 28.5. The van der Waals surface area contributed by atoms with Crippen molar-refractivity contribution in [3.63, 3.8) is 0 Å². The molecule has 1 aliphatic heterocycles. The van der Waals surface area contributed by atoms with Gasteiger partial charge in [-0.05, 0) is 31.2 Å². The van der Waals surface area contributed by atoms with Crippen LogP contribution in [0.2, 0.25) is 0 Å². The number of hydrogen-bond donors (Lipinski definition) is 0. The van der Waals surface area contributed by atoms with E-state index in [2.05, 4.69) is 23.8 Å². The second kappa shape index (κ2) is 9.42. The molecule has 0 N–H and O–H groups in total. The quantitative estimate of drug-likeness (QED) is 0.113. The summed E-state index contributed by atoms with van der Waals surface area (Å²) in [6.45, 7) is 1.69. The lowest BCUT2D eigenvalue weighted by Gasteiger charge is -2.41. The van der Waals surface area contributed by atoms with Gasteiger partial charge < -0.3 is 23.8 Å². The van der Waals surface area contributed by atoms with Crippen molar-refractivity contribution >= 4 is 28.4 Å². The Labute approximate surface area is 201 Å². The van der Waals surface area contributed by atoms with E-state index in [4.69, 9.17) is 0 Å². The SMILES string of the molecule is CC(OC(=O)O[C@@H](C)CCO[N+](=O)[O-])OC(=O)C1=Cc2cc(S(F)(F)(F)(F)F)ccc2OC1C(F)(F)F. The highest BCUT2D eigenvalue weighted by Gasteiger charge is 2.65. The molecule has 19 heteroatoms. The fraction of sp³-hybridized carbons (Fsp3) is 0.444. The van der Waals surface area contributed by atoms with Crippen LogP contribution >= 0.6 is 10.2 Å². The van der Waals surface area contributed by atoms with E-state index in [1.54, 1.807) is 0 Å². The Bertz CT molecular complexity index is 1110. The van der Waals surface area contributed by atoms with E-state index in [0.717, 1.165) is 6.92 Å². The van der Waals surface area contributed by atoms with Crippen LogP contribution in [0.3, 0.4) is 0 Å². The number of hydrogen-bond acceptors (Lipinski definition) is 9. The van der Waals surface area contributed by atoms with Gasteiger partial charge in [0.1, 0.15) is 16.7 Å². The molecule has 210 valence electrons. The molecule has 3 atom stereocenters. The minimum Gasteiger partial charge on any atom is -0.475 e. The third-order valence-electron chi connectivity index (χ3n) is 4.35. The molecule has 0 saturated carbocycles. The molecule has 37 heavy (non-hydrogen) atoms. The van der Waals surface area contributed by atoms with Crippen molar-refractivity contribution in [3.8, 4) is 5.75 Å². The summed E-state index contributed by atoms with van der Waals surface area (Å²) < 4.78 is 124. The first-order valence-corrected chi connectivity index (χ1v) is 11.7. The summed E-state index contributed by atoms with van der Waals surface area (Å²) in [5, 5.41) is 8.96. The van der Waals surface area contributed by atoms with Crippen molar-refractivity contribution in [2.75, 3.05) is 6.61 Å². The van der Waals surface area contributed by atoms with Gasteiger partial charge in [0, 0.05) is 18.9 Å². The van der Waals surface area contributed by atoms with Crippen molar-refractivity contribution in [1.29, 1.82) is 0 Å². The number of benzene rings is 1. The van der Waals surface area contributed by atoms with Crippen LogP contribution in [0, 0.1) is 10.1 Å². The number of ether oxygens (including phenoxy) is 4. The number of halogens is 8. The Hall–Kier alpha value is -3.51. The molecular weight excluding hydrogens is 558 g/mol. The van der Waals surface area contributed by atoms with Gasteiger partial charge in [0.2, 0.25) is 12.4 Å². The Balaban J connectivity index is 2.19. The van der Waals surface area contributed by atoms with E-state index in [1.165, 1.54) is 6.92 Å². The van der Waals surface area contributed by atoms with E-state index in [9.17, 15) is 52.3 Å². The van der Waals surface area contributed by atoms with Gasteiger partial charge in [-0.3, -0.25) is 0 Å². The van der Waals surface area contributed by atoms with Crippen LogP contribution in [-0.2, 0) is 23.8 Å². The summed E-state index contributed by atoms with van der Waals surface area (Å²) >= 11 is 0. The van der Waals surface area contributed by atoms with Crippen LogP contribution in [-0.4, -0.2) is 48.5 Å². The highest BCUT2D eigenvalue weighted by molar-refractivity contribution is 8.45. The van der Waals surface area contributed by atoms with Crippen LogP contribution in [0.4, 0.5) is 37.4 Å². The van der Waals surface area contributed by atoms with E-state index in [0.29, 0.717) is 0 Å². The predicted octanol–water partition coefficient (Wildman–Crippen LogP) is 6.08. The van der Waals surface area contributed by atoms with Crippen LogP contribution in [0.5, 0.6) is 5.75 Å². The molecule has 1 aliphatic rings. The van der Waals surface area contributed by atoms with Gasteiger partial charge in [0.25, 0.3) is 5.09 Å². The van der Waals surface area contributed by atoms with Gasteiger partial charge in [0.05, 0.1) is 12.2 Å². The van der Waals surface area contributed by atoms with E-state index in [-0.39, 0.29) is 30.7 Å². The molecule has 0 radical (unpaired) electrons. The number of fused-ring (bicyclic) bond motifs is 1. The molecule has 2 rings (SSSR count). The van der Waals surface area contributed by atoms with Crippen molar-refractivity contribution in [3.05, 3.63) is 39.4 Å². The maximum absolute atomic E-state index is 13.5. The largest absolute Gasteiger partial charge is 0.511 e. The summed E-state index contributed by atoms with van der Waals surface area (Å²) in [5.74, 6) is -2.73. The standard InChI is InChI=1S/C18H17F8NO9S/c1-9(5-6-32-27(30)31)33-17(29)35-10(2)34-16(28)13-8-11-7-12(37(22,23,24,25)26)3-4-14(11)36-15(13)18(19,20)21/h3-4,7-10,15H,5-6H2,1-2H3/t9-,10?,15?/m0/s1. The van der Waals surface area contributed by atoms with Crippen LogP contribution in [0.1, 0.15) is 25.8 Å². The zero-order valence-corrected chi connectivity index (χ0v) is 19.3. The first-order chi connectivity index (χ1) is 16.6. The Morgan fingerprint density at radius 3 is 2.27 bits per heavy atom. The van der Waals surface area contributed by atoms with E-state index in [1.807, 2.05) is 0 Å². The number of nitrogens with zero attached hydrogens (tertiary/aromatic N) is 1. The third-order valence-corrected chi connectivity index (χ3v) is 5.50. The van der Waals surface area contributed by atoms with Gasteiger partial charge in [-0.15, -0.1) is 10.1 Å². The molecule has 0 saturated heterocycles. The van der Waals surface area contributed by atoms with Gasteiger partial charge in [-0.2, -0.15) is 13.2 Å². The molecule has 0 aromatic heterocycles. The highest BCUT2D eigenvalue weighted by Crippen LogP contribution is 3.02. The number of carbonyl (C=O) groups excluding carboxylic acids is 2. The van der Waals surface area contributed by atoms with Crippen LogP contribution < -0.4 is 4.74 Å². The lowest BCUT2D eigenvalue weighted by molar-refractivity contribution is -0.758. The van der Waals surface area contributed by atoms with Gasteiger partial charge >= 0.3 is 28.5 Å². The number of carbonyl (C=O) groups is 2. The fourth-order valence-corrected chi connectivity index (χ4v) is 3.43. The van der Waals surface area contributed by atoms with Crippen molar-refractivity contribution in [2.24, 2.45) is 0 Å². The normalized spacial score (nSPS) is 19.0. The monoisotopic (exact) mass is 575 g/mol. The van der Waals surface area contributed by atoms with Gasteiger partial charge in [-0.25, -0.2) is 9.59 Å². The Morgan fingerprint density at radius 1 is 1.11 bits per heavy atom. The number of alkyl halides is 3. The second-order valence-electron chi connectivity index (χ2n) is 7.42. The average molecular weight is 575 g/mol. The summed E-state index contributed by atoms with van der Waals surface area (Å²) in [6.07, 6.45) is -12.7. The van der Waals surface area contributed by atoms with Crippen LogP contribution in [0.15, 0.2) is 28.7 Å². The summed E-state index contributed by atoms with van der Waals surface area (Å²) in [6, 6.07) is -0.0886. The molecule has 0 aliphatic carbocycles. The lowest BCUT2D eigenvalue weighted by atomic mass is 10.0. The molecule has 10 nitrogen and oxygen atoms in total. The van der Waals surface area contributed by atoms with E-state index < -0.39 is 80.5 Å². The van der Waals surface area contributed by atoms with Crippen molar-refractivity contribution < 1.29 is 71.1 Å². The highest BCUT2D eigenvalue weighted by atomic mass is 32.5. The van der Waals surface area contributed by atoms with Crippen molar-refractivity contribution in [1.82, 2.24) is 0 Å². The molecule has 0 bridgehead atoms. The number of esters is 1. The van der Waals surface area contributed by atoms with Crippen LogP contribution in [0.25, 0.3) is 6.08 Å². The third kappa shape index (κ3) is 8.53. The molecule has 0 amide bonds. The molecule has 0 fully saturated rings. The molecule has 1 aromatic rings. The minimum atomic E-state index is -10.2. The van der Waals surface area contributed by atoms with Gasteiger partial charge in [-0.1, -0.05) is 19.4 Å². The van der Waals surface area contributed by atoms with Crippen molar-refractivity contribution in [2.45, 2.75) is 49.8 Å². The first-order valence-electron chi connectivity index (χ1n) is 9.75. The average Bonchev–Trinajstić information content (AvgIpc) is 2.69. The predicted molar refractivity (Wildman–Crippen MR) is 106 cm³/mol.